The summed E-state index contributed by atoms with van der Waals surface area (Å²) in [4.78, 5) is 22.7. The molecule has 1 spiro atoms. The predicted molar refractivity (Wildman–Crippen MR) is 209 cm³/mol. The number of amides is 1. The summed E-state index contributed by atoms with van der Waals surface area (Å²) in [6.45, 7) is 8.91. The minimum Gasteiger partial charge on any atom is -0.493 e. The van der Waals surface area contributed by atoms with Gasteiger partial charge in [0.15, 0.2) is 0 Å². The van der Waals surface area contributed by atoms with Gasteiger partial charge in [0, 0.05) is 76.9 Å². The van der Waals surface area contributed by atoms with Crippen LogP contribution >= 0.6 is 11.6 Å². The van der Waals surface area contributed by atoms with Crippen LogP contribution in [0.2, 0.25) is 0 Å². The van der Waals surface area contributed by atoms with Crippen LogP contribution in [0.4, 0.5) is 4.39 Å². The molecule has 1 saturated carbocycles. The zero-order valence-corrected chi connectivity index (χ0v) is 33.5. The Morgan fingerprint density at radius 2 is 1.73 bits per heavy atom. The van der Waals surface area contributed by atoms with Crippen LogP contribution in [0.1, 0.15) is 83.1 Å². The number of hydrogen-bond acceptors (Lipinski definition) is 11. The third-order valence-corrected chi connectivity index (χ3v) is 13.6. The molecule has 4 saturated heterocycles. The van der Waals surface area contributed by atoms with Gasteiger partial charge in [-0.05, 0) is 67.9 Å². The molecule has 2 bridgehead atoms. The first-order chi connectivity index (χ1) is 26.5. The number of nitrogens with one attached hydrogen (secondary N) is 1. The molecule has 1 aliphatic carbocycles. The topological polar surface area (TPSA) is 152 Å². The number of benzene rings is 1. The summed E-state index contributed by atoms with van der Waals surface area (Å²) in [6, 6.07) is 5.39. The molecule has 5 aliphatic rings. The van der Waals surface area contributed by atoms with Gasteiger partial charge in [-0.2, -0.15) is 0 Å². The maximum Gasteiger partial charge on any atom is 0.227 e. The highest BCUT2D eigenvalue weighted by molar-refractivity contribution is 6.21. The standard InChI is InChI=1S/C41H67ClFN5O7/c1-2-7-32-8-5-3-4-6-14-46-25-31(42)26-48(32)40(46)45-15-12-41(13-16-45)20-30(41)11-17-55-33-10-9-29(34(43)19-33)18-37(52)47-23-28(24-47)21-44-22-35(50)38(53)39(54)36(51)27-49/h9-10,19,28,30-32,35-36,38-40,44,49-51,53-54H,2-8,11-18,20-27H2,1H3/t30?,31?,32?,35-,36+,38+,39+,40?/m0/s1. The van der Waals surface area contributed by atoms with Crippen molar-refractivity contribution in [3.63, 3.8) is 0 Å². The molecule has 55 heavy (non-hydrogen) atoms. The molecule has 10 atom stereocenters. The van der Waals surface area contributed by atoms with E-state index in [9.17, 15) is 25.2 Å². The predicted octanol–water partition coefficient (Wildman–Crippen LogP) is 2.36. The van der Waals surface area contributed by atoms with Crippen molar-refractivity contribution in [3.8, 4) is 5.75 Å². The lowest BCUT2D eigenvalue weighted by molar-refractivity contribution is -0.136. The molecule has 4 heterocycles. The van der Waals surface area contributed by atoms with Crippen LogP contribution in [0, 0.1) is 23.1 Å². The SMILES string of the molecule is CCCC1CCCCCCN2CC(Cl)CN1C2N1CCC2(CC1)CC2CCOc1ccc(CC(=O)N2CC(CNC[C@H](O)[C@@H](O)[C@H](O)[C@H](O)CO)C2)c(F)c1. The number of halogens is 2. The molecular weight excluding hydrogens is 729 g/mol. The number of ether oxygens (including phenoxy) is 1. The second-order valence-electron chi connectivity index (χ2n) is 17.3. The molecule has 0 radical (unpaired) electrons. The Balaban J connectivity index is 0.893. The number of likely N-dealkylation sites (tertiary alicyclic amines) is 2. The molecule has 14 heteroatoms. The van der Waals surface area contributed by atoms with Crippen molar-refractivity contribution in [1.82, 2.24) is 24.9 Å². The number of fused-ring (bicyclic) bond motifs is 2. The minimum atomic E-state index is -1.67. The van der Waals surface area contributed by atoms with Gasteiger partial charge in [0.1, 0.15) is 36.2 Å². The summed E-state index contributed by atoms with van der Waals surface area (Å²) >= 11 is 6.90. The monoisotopic (exact) mass is 795 g/mol. The molecule has 1 aromatic rings. The molecule has 5 fully saturated rings. The number of carbonyl (C=O) groups excluding carboxylic acids is 1. The Kier molecular flexibility index (Phi) is 15.5. The second-order valence-corrected chi connectivity index (χ2v) is 17.9. The average molecular weight is 796 g/mol. The highest BCUT2D eigenvalue weighted by Gasteiger charge is 2.55. The third-order valence-electron chi connectivity index (χ3n) is 13.3. The lowest BCUT2D eigenvalue weighted by atomic mass is 9.89. The zero-order chi connectivity index (χ0) is 39.1. The van der Waals surface area contributed by atoms with Crippen LogP contribution in [0.25, 0.3) is 0 Å². The number of nitrogens with zero attached hydrogens (tertiary/aromatic N) is 4. The maximum absolute atomic E-state index is 15.1. The molecule has 312 valence electrons. The Morgan fingerprint density at radius 3 is 2.45 bits per heavy atom. The van der Waals surface area contributed by atoms with Gasteiger partial charge in [-0.15, -0.1) is 11.6 Å². The van der Waals surface area contributed by atoms with E-state index in [-0.39, 0.29) is 30.2 Å². The number of aliphatic hydroxyl groups excluding tert-OH is 5. The van der Waals surface area contributed by atoms with Crippen molar-refractivity contribution >= 4 is 17.5 Å². The molecule has 1 amide bonds. The van der Waals surface area contributed by atoms with Gasteiger partial charge in [-0.1, -0.05) is 38.7 Å². The van der Waals surface area contributed by atoms with Gasteiger partial charge in [0.05, 0.1) is 31.1 Å². The van der Waals surface area contributed by atoms with E-state index in [0.29, 0.717) is 61.2 Å². The smallest absolute Gasteiger partial charge is 0.227 e. The fraction of sp³-hybridized carbons (Fsp3) is 0.829. The molecule has 1 aromatic carbocycles. The van der Waals surface area contributed by atoms with E-state index < -0.39 is 36.8 Å². The van der Waals surface area contributed by atoms with Crippen molar-refractivity contribution in [3.05, 3.63) is 29.6 Å². The molecule has 6 rings (SSSR count). The highest BCUT2D eigenvalue weighted by Crippen LogP contribution is 2.61. The fourth-order valence-corrected chi connectivity index (χ4v) is 10.1. The normalized spacial score (nSPS) is 30.9. The number of alkyl halides is 1. The summed E-state index contributed by atoms with van der Waals surface area (Å²) in [5, 5.41) is 51.3. The fourth-order valence-electron chi connectivity index (χ4n) is 9.81. The number of rotatable bonds is 17. The van der Waals surface area contributed by atoms with Crippen LogP contribution < -0.4 is 10.1 Å². The summed E-state index contributed by atoms with van der Waals surface area (Å²) in [5.74, 6) is 0.663. The van der Waals surface area contributed by atoms with E-state index in [1.807, 2.05) is 0 Å². The van der Waals surface area contributed by atoms with Gasteiger partial charge in [-0.25, -0.2) is 4.39 Å². The Labute approximate surface area is 331 Å². The van der Waals surface area contributed by atoms with Crippen molar-refractivity contribution < 1.29 is 39.5 Å². The van der Waals surface area contributed by atoms with Crippen molar-refractivity contribution in [2.24, 2.45) is 17.3 Å². The van der Waals surface area contributed by atoms with Crippen LogP contribution in [0.3, 0.4) is 0 Å². The van der Waals surface area contributed by atoms with E-state index in [0.717, 1.165) is 39.1 Å². The summed E-state index contributed by atoms with van der Waals surface area (Å²) in [5.41, 5.74) is 0.746. The number of carbonyl (C=O) groups is 1. The lowest BCUT2D eigenvalue weighted by Gasteiger charge is -2.54. The Hall–Kier alpha value is -1.65. The van der Waals surface area contributed by atoms with Crippen LogP contribution in [0.15, 0.2) is 18.2 Å². The van der Waals surface area contributed by atoms with Crippen molar-refractivity contribution in [2.45, 2.75) is 126 Å². The molecule has 6 unspecified atom stereocenters. The first-order valence-corrected chi connectivity index (χ1v) is 21.6. The van der Waals surface area contributed by atoms with Crippen LogP contribution in [-0.4, -0.2) is 165 Å². The largest absolute Gasteiger partial charge is 0.493 e. The van der Waals surface area contributed by atoms with Crippen molar-refractivity contribution in [2.75, 3.05) is 72.1 Å². The van der Waals surface area contributed by atoms with Gasteiger partial charge >= 0.3 is 0 Å². The molecule has 0 aromatic heterocycles. The second kappa shape index (κ2) is 19.9. The van der Waals surface area contributed by atoms with Gasteiger partial charge in [0.25, 0.3) is 0 Å². The Morgan fingerprint density at radius 1 is 0.982 bits per heavy atom. The summed E-state index contributed by atoms with van der Waals surface area (Å²) < 4.78 is 21.1. The molecule has 12 nitrogen and oxygen atoms in total. The zero-order valence-electron chi connectivity index (χ0n) is 32.8. The third kappa shape index (κ3) is 10.9. The van der Waals surface area contributed by atoms with E-state index in [2.05, 4.69) is 26.9 Å². The van der Waals surface area contributed by atoms with Gasteiger partial charge in [0.2, 0.25) is 5.91 Å². The maximum atomic E-state index is 15.1. The van der Waals surface area contributed by atoms with Crippen molar-refractivity contribution in [1.29, 1.82) is 0 Å². The number of aliphatic hydroxyl groups is 5. The van der Waals surface area contributed by atoms with E-state index >= 15 is 4.39 Å². The number of hydrogen-bond donors (Lipinski definition) is 6. The van der Waals surface area contributed by atoms with Gasteiger partial charge < -0.3 is 40.5 Å². The first kappa shape index (κ1) is 42.9. The molecule has 4 aliphatic heterocycles. The quantitative estimate of drug-likeness (QED) is 0.129. The molecular formula is C41H67ClFN5O7. The lowest BCUT2D eigenvalue weighted by Crippen LogP contribution is -2.68. The van der Waals surface area contributed by atoms with Crippen LogP contribution in [-0.2, 0) is 11.2 Å². The van der Waals surface area contributed by atoms with Gasteiger partial charge in [-0.3, -0.25) is 19.5 Å². The highest BCUT2D eigenvalue weighted by atomic mass is 35.5. The van der Waals surface area contributed by atoms with E-state index in [1.54, 1.807) is 17.0 Å². The summed E-state index contributed by atoms with van der Waals surface area (Å²) in [6.07, 6.45) is 7.79. The minimum absolute atomic E-state index is 0.0331. The van der Waals surface area contributed by atoms with E-state index in [4.69, 9.17) is 21.4 Å². The summed E-state index contributed by atoms with van der Waals surface area (Å²) in [7, 11) is 0. The Bertz CT molecular complexity index is 1370. The average Bonchev–Trinajstić information content (AvgIpc) is 3.83. The first-order valence-electron chi connectivity index (χ1n) is 21.1. The van der Waals surface area contributed by atoms with Crippen LogP contribution in [0.5, 0.6) is 5.75 Å². The number of piperidine rings is 1. The van der Waals surface area contributed by atoms with E-state index in [1.165, 1.54) is 70.3 Å². The molecule has 6 N–H and O–H groups in total.